The molecule has 23 heavy (non-hydrogen) atoms. The van der Waals surface area contributed by atoms with Gasteiger partial charge in [-0.15, -0.1) is 5.10 Å². The minimum atomic E-state index is -0.323. The second kappa shape index (κ2) is 5.91. The van der Waals surface area contributed by atoms with Crippen LogP contribution in [-0.4, -0.2) is 35.2 Å². The Kier molecular flexibility index (Phi) is 3.80. The molecule has 0 spiro atoms. The molecule has 0 atom stereocenters. The number of oxazole rings is 1. The van der Waals surface area contributed by atoms with Gasteiger partial charge in [-0.3, -0.25) is 4.79 Å². The molecule has 3 rings (SSSR count). The quantitative estimate of drug-likeness (QED) is 0.789. The molecule has 0 aliphatic carbocycles. The molecule has 1 aromatic carbocycles. The lowest BCUT2D eigenvalue weighted by Crippen LogP contribution is -2.13. The van der Waals surface area contributed by atoms with E-state index in [2.05, 4.69) is 20.5 Å². The first-order valence-electron chi connectivity index (χ1n) is 6.87. The van der Waals surface area contributed by atoms with E-state index in [-0.39, 0.29) is 11.6 Å². The van der Waals surface area contributed by atoms with Crippen molar-refractivity contribution in [3.63, 3.8) is 0 Å². The molecule has 0 fully saturated rings. The fraction of sp³-hybridized carbons (Fsp3) is 0.200. The molecule has 0 aliphatic rings. The summed E-state index contributed by atoms with van der Waals surface area (Å²) in [6, 6.07) is 7.51. The number of benzene rings is 1. The lowest BCUT2D eigenvalue weighted by molar-refractivity contribution is 0.102. The summed E-state index contributed by atoms with van der Waals surface area (Å²) in [6.45, 7) is 1.68. The van der Waals surface area contributed by atoms with E-state index >= 15 is 0 Å². The van der Waals surface area contributed by atoms with E-state index in [1.165, 1.54) is 6.39 Å². The predicted molar refractivity (Wildman–Crippen MR) is 83.3 cm³/mol. The summed E-state index contributed by atoms with van der Waals surface area (Å²) in [4.78, 5) is 17.7. The Morgan fingerprint density at radius 1 is 1.17 bits per heavy atom. The molecule has 0 saturated carbocycles. The summed E-state index contributed by atoms with van der Waals surface area (Å²) in [5.41, 5.74) is 1.66. The van der Waals surface area contributed by atoms with Crippen molar-refractivity contribution in [1.29, 1.82) is 0 Å². The minimum absolute atomic E-state index is 0.265. The number of nitrogens with one attached hydrogen (secondary N) is 1. The summed E-state index contributed by atoms with van der Waals surface area (Å²) < 4.78 is 10.5. The van der Waals surface area contributed by atoms with Crippen molar-refractivity contribution in [3.8, 4) is 11.5 Å². The molecule has 1 amide bonds. The highest BCUT2D eigenvalue weighted by molar-refractivity contribution is 6.03. The highest BCUT2D eigenvalue weighted by Gasteiger charge is 2.14. The third-order valence-electron chi connectivity index (χ3n) is 3.15. The fourth-order valence-electron chi connectivity index (χ4n) is 1.92. The van der Waals surface area contributed by atoms with Crippen molar-refractivity contribution >= 4 is 17.6 Å². The van der Waals surface area contributed by atoms with Gasteiger partial charge in [0.1, 0.15) is 5.76 Å². The van der Waals surface area contributed by atoms with Crippen LogP contribution in [0.3, 0.4) is 0 Å². The van der Waals surface area contributed by atoms with Gasteiger partial charge in [-0.25, -0.2) is 4.98 Å². The first-order chi connectivity index (χ1) is 11.0. The van der Waals surface area contributed by atoms with Crippen molar-refractivity contribution < 1.29 is 13.6 Å². The largest absolute Gasteiger partial charge is 0.448 e. The van der Waals surface area contributed by atoms with E-state index in [9.17, 15) is 4.79 Å². The Labute approximate surface area is 132 Å². The number of amides is 1. The van der Waals surface area contributed by atoms with Crippen LogP contribution in [0, 0.1) is 6.92 Å². The Balaban J connectivity index is 1.74. The standard InChI is InChI=1S/C15H15N5O3/c1-9-12(16-8-22-9)13(21)17-11-6-4-10(5-7-11)14-18-19-15(23-14)20(2)3/h4-8H,1-3H3,(H,17,21). The SMILES string of the molecule is Cc1ocnc1C(=O)Nc1ccc(-c2nnc(N(C)C)o2)cc1. The Morgan fingerprint density at radius 2 is 1.91 bits per heavy atom. The van der Waals surface area contributed by atoms with Gasteiger partial charge in [0.05, 0.1) is 0 Å². The van der Waals surface area contributed by atoms with Crippen LogP contribution in [0.4, 0.5) is 11.7 Å². The van der Waals surface area contributed by atoms with Crippen LogP contribution in [0.2, 0.25) is 0 Å². The fourth-order valence-corrected chi connectivity index (χ4v) is 1.92. The summed E-state index contributed by atoms with van der Waals surface area (Å²) >= 11 is 0. The van der Waals surface area contributed by atoms with Crippen molar-refractivity contribution in [2.45, 2.75) is 6.92 Å². The zero-order valence-corrected chi connectivity index (χ0v) is 12.9. The second-order valence-corrected chi connectivity index (χ2v) is 5.07. The number of carbonyl (C=O) groups excluding carboxylic acids is 1. The lowest BCUT2D eigenvalue weighted by Gasteiger charge is -2.04. The van der Waals surface area contributed by atoms with Crippen LogP contribution in [0.15, 0.2) is 39.5 Å². The second-order valence-electron chi connectivity index (χ2n) is 5.07. The van der Waals surface area contributed by atoms with E-state index in [0.29, 0.717) is 23.4 Å². The lowest BCUT2D eigenvalue weighted by atomic mass is 10.2. The molecule has 8 heteroatoms. The van der Waals surface area contributed by atoms with Crippen LogP contribution in [0.25, 0.3) is 11.5 Å². The summed E-state index contributed by atoms with van der Waals surface area (Å²) in [5.74, 6) is 0.566. The summed E-state index contributed by atoms with van der Waals surface area (Å²) in [6.07, 6.45) is 1.24. The summed E-state index contributed by atoms with van der Waals surface area (Å²) in [5, 5.41) is 10.7. The molecule has 0 unspecified atom stereocenters. The third-order valence-corrected chi connectivity index (χ3v) is 3.15. The maximum atomic E-state index is 12.0. The maximum absolute atomic E-state index is 12.0. The van der Waals surface area contributed by atoms with Crippen molar-refractivity contribution in [2.75, 3.05) is 24.3 Å². The molecule has 0 bridgehead atoms. The molecule has 118 valence electrons. The molecule has 3 aromatic rings. The molecule has 2 aromatic heterocycles. The zero-order chi connectivity index (χ0) is 16.4. The van der Waals surface area contributed by atoms with Gasteiger partial charge in [-0.1, -0.05) is 5.10 Å². The van der Waals surface area contributed by atoms with Crippen molar-refractivity contribution in [3.05, 3.63) is 42.1 Å². The van der Waals surface area contributed by atoms with Gasteiger partial charge < -0.3 is 19.1 Å². The molecule has 2 heterocycles. The minimum Gasteiger partial charge on any atom is -0.448 e. The van der Waals surface area contributed by atoms with Gasteiger partial charge in [-0.2, -0.15) is 0 Å². The van der Waals surface area contributed by atoms with Crippen LogP contribution < -0.4 is 10.2 Å². The molecule has 1 N–H and O–H groups in total. The molecule has 0 saturated heterocycles. The van der Waals surface area contributed by atoms with Gasteiger partial charge >= 0.3 is 6.01 Å². The highest BCUT2D eigenvalue weighted by atomic mass is 16.4. The van der Waals surface area contributed by atoms with E-state index in [1.807, 2.05) is 14.1 Å². The number of carbonyl (C=O) groups is 1. The Morgan fingerprint density at radius 3 is 2.48 bits per heavy atom. The Bertz CT molecular complexity index is 820. The maximum Gasteiger partial charge on any atom is 0.317 e. The van der Waals surface area contributed by atoms with Crippen LogP contribution in [0.1, 0.15) is 16.2 Å². The van der Waals surface area contributed by atoms with Gasteiger partial charge in [0.15, 0.2) is 12.1 Å². The van der Waals surface area contributed by atoms with Crippen LogP contribution >= 0.6 is 0 Å². The van der Waals surface area contributed by atoms with Crippen LogP contribution in [0.5, 0.6) is 0 Å². The van der Waals surface area contributed by atoms with E-state index < -0.39 is 0 Å². The first kappa shape index (κ1) is 14.8. The van der Waals surface area contributed by atoms with E-state index in [1.54, 1.807) is 36.1 Å². The number of rotatable bonds is 4. The highest BCUT2D eigenvalue weighted by Crippen LogP contribution is 2.22. The predicted octanol–water partition coefficient (Wildman–Crippen LogP) is 2.35. The van der Waals surface area contributed by atoms with E-state index in [4.69, 9.17) is 8.83 Å². The topological polar surface area (TPSA) is 97.3 Å². The smallest absolute Gasteiger partial charge is 0.317 e. The van der Waals surface area contributed by atoms with Gasteiger partial charge in [0.2, 0.25) is 5.89 Å². The average Bonchev–Trinajstić information content (AvgIpc) is 3.17. The number of nitrogens with zero attached hydrogens (tertiary/aromatic N) is 4. The monoisotopic (exact) mass is 313 g/mol. The Hall–Kier alpha value is -3.16. The van der Waals surface area contributed by atoms with Crippen molar-refractivity contribution in [1.82, 2.24) is 15.2 Å². The molecule has 8 nitrogen and oxygen atoms in total. The molecule has 0 aliphatic heterocycles. The van der Waals surface area contributed by atoms with Crippen LogP contribution in [-0.2, 0) is 0 Å². The van der Waals surface area contributed by atoms with Gasteiger partial charge in [0.25, 0.3) is 5.91 Å². The molecular weight excluding hydrogens is 298 g/mol. The van der Waals surface area contributed by atoms with Crippen molar-refractivity contribution in [2.24, 2.45) is 0 Å². The van der Waals surface area contributed by atoms with E-state index in [0.717, 1.165) is 5.56 Å². The third kappa shape index (κ3) is 3.05. The molecule has 0 radical (unpaired) electrons. The van der Waals surface area contributed by atoms with Gasteiger partial charge in [0, 0.05) is 25.3 Å². The number of aryl methyl sites for hydroxylation is 1. The normalized spacial score (nSPS) is 10.6. The first-order valence-corrected chi connectivity index (χ1v) is 6.87. The average molecular weight is 313 g/mol. The summed E-state index contributed by atoms with van der Waals surface area (Å²) in [7, 11) is 3.64. The zero-order valence-electron chi connectivity index (χ0n) is 12.9. The van der Waals surface area contributed by atoms with Gasteiger partial charge in [-0.05, 0) is 31.2 Å². The number of aromatic nitrogens is 3. The number of hydrogen-bond donors (Lipinski definition) is 1. The molecular formula is C15H15N5O3. The number of anilines is 2. The number of hydrogen-bond acceptors (Lipinski definition) is 7.